The molecule has 0 spiro atoms. The molecule has 2 aromatic rings. The Kier molecular flexibility index (Phi) is 7.39. The van der Waals surface area contributed by atoms with Crippen LogP contribution in [-0.2, 0) is 0 Å². The van der Waals surface area contributed by atoms with Crippen LogP contribution in [-0.4, -0.2) is 37.3 Å². The van der Waals surface area contributed by atoms with E-state index in [1.807, 2.05) is 31.2 Å². The van der Waals surface area contributed by atoms with Gasteiger partial charge in [-0.05, 0) is 42.8 Å². The molecule has 0 radical (unpaired) electrons. The number of benzene rings is 2. The number of methoxy groups -OCH3 is 1. The quantitative estimate of drug-likeness (QED) is 0.377. The van der Waals surface area contributed by atoms with Crippen LogP contribution in [0.3, 0.4) is 0 Å². The van der Waals surface area contributed by atoms with Gasteiger partial charge in [0.2, 0.25) is 0 Å². The van der Waals surface area contributed by atoms with E-state index in [4.69, 9.17) is 14.7 Å². The van der Waals surface area contributed by atoms with Crippen LogP contribution in [0.1, 0.15) is 33.2 Å². The zero-order valence-corrected chi connectivity index (χ0v) is 15.2. The van der Waals surface area contributed by atoms with Crippen molar-refractivity contribution >= 4 is 17.9 Å². The monoisotopic (exact) mass is 370 g/mol. The Balaban J connectivity index is 1.92. The molecule has 0 bridgehead atoms. The smallest absolute Gasteiger partial charge is 0.274 e. The van der Waals surface area contributed by atoms with E-state index in [9.17, 15) is 9.59 Å². The molecule has 0 unspecified atom stereocenters. The third-order valence-electron chi connectivity index (χ3n) is 3.73. The summed E-state index contributed by atoms with van der Waals surface area (Å²) >= 11 is 0. The molecule has 0 saturated heterocycles. The first-order valence-corrected chi connectivity index (χ1v) is 8.36. The van der Waals surface area contributed by atoms with E-state index in [-0.39, 0.29) is 12.5 Å². The summed E-state index contributed by atoms with van der Waals surface area (Å²) in [5.74, 6) is 0.203. The molecule has 0 heterocycles. The molecule has 0 saturated carbocycles. The summed E-state index contributed by atoms with van der Waals surface area (Å²) in [5, 5.41) is 11.4. The third kappa shape index (κ3) is 5.32. The normalized spacial score (nSPS) is 10.5. The Morgan fingerprint density at radius 2 is 1.85 bits per heavy atom. The summed E-state index contributed by atoms with van der Waals surface area (Å²) in [5.41, 5.74) is 3.11. The lowest BCUT2D eigenvalue weighted by Gasteiger charge is -2.12. The van der Waals surface area contributed by atoms with Crippen molar-refractivity contribution in [3.8, 4) is 11.5 Å². The molecule has 142 valence electrons. The van der Waals surface area contributed by atoms with Gasteiger partial charge in [0.05, 0.1) is 19.2 Å². The number of carbonyl (C=O) groups excluding carboxylic acids is 2. The molecular weight excluding hydrogens is 348 g/mol. The van der Waals surface area contributed by atoms with Crippen molar-refractivity contribution in [3.05, 3.63) is 65.2 Å². The van der Waals surface area contributed by atoms with Crippen LogP contribution < -0.4 is 20.3 Å². The maximum atomic E-state index is 12.5. The fourth-order valence-corrected chi connectivity index (χ4v) is 2.47. The van der Waals surface area contributed by atoms with E-state index in [1.165, 1.54) is 19.2 Å². The van der Waals surface area contributed by atoms with Gasteiger partial charge in [-0.1, -0.05) is 24.3 Å². The van der Waals surface area contributed by atoms with Crippen molar-refractivity contribution in [3.63, 3.8) is 0 Å². The lowest BCUT2D eigenvalue weighted by molar-refractivity contribution is 0.0706. The highest BCUT2D eigenvalue weighted by atomic mass is 16.5. The van der Waals surface area contributed by atoms with Crippen molar-refractivity contribution < 1.29 is 24.3 Å². The van der Waals surface area contributed by atoms with E-state index in [1.54, 1.807) is 23.7 Å². The molecule has 3 N–H and O–H groups in total. The van der Waals surface area contributed by atoms with Gasteiger partial charge in [-0.3, -0.25) is 14.8 Å². The molecule has 0 fully saturated rings. The van der Waals surface area contributed by atoms with E-state index >= 15 is 0 Å². The van der Waals surface area contributed by atoms with Crippen molar-refractivity contribution in [2.45, 2.75) is 6.92 Å². The van der Waals surface area contributed by atoms with Gasteiger partial charge in [-0.25, -0.2) is 5.48 Å². The SMILES string of the molecule is CC=Cc1cccc(OC)c1C(=O)NCCOc1ccc(C(=O)NO)cc1. The molecule has 0 aromatic heterocycles. The maximum Gasteiger partial charge on any atom is 0.274 e. The van der Waals surface area contributed by atoms with Gasteiger partial charge in [0.25, 0.3) is 11.8 Å². The number of amides is 2. The van der Waals surface area contributed by atoms with E-state index < -0.39 is 5.91 Å². The lowest BCUT2D eigenvalue weighted by atomic mass is 10.0. The van der Waals surface area contributed by atoms with Crippen LogP contribution in [0.5, 0.6) is 11.5 Å². The van der Waals surface area contributed by atoms with E-state index in [0.29, 0.717) is 29.2 Å². The van der Waals surface area contributed by atoms with Crippen molar-refractivity contribution in [2.75, 3.05) is 20.3 Å². The second kappa shape index (κ2) is 9.98. The Morgan fingerprint density at radius 3 is 2.48 bits per heavy atom. The predicted molar refractivity (Wildman–Crippen MR) is 101 cm³/mol. The molecular formula is C20H22N2O5. The molecule has 0 aliphatic carbocycles. The minimum absolute atomic E-state index is 0.251. The number of hydrogen-bond donors (Lipinski definition) is 3. The van der Waals surface area contributed by atoms with Crippen molar-refractivity contribution in [1.82, 2.24) is 10.8 Å². The molecule has 2 amide bonds. The molecule has 0 aliphatic heterocycles. The van der Waals surface area contributed by atoms with Gasteiger partial charge in [0.15, 0.2) is 0 Å². The Bertz CT molecular complexity index is 816. The zero-order valence-electron chi connectivity index (χ0n) is 15.2. The van der Waals surface area contributed by atoms with E-state index in [0.717, 1.165) is 5.56 Å². The molecule has 0 atom stereocenters. The fraction of sp³-hybridized carbons (Fsp3) is 0.200. The molecule has 7 nitrogen and oxygen atoms in total. The second-order valence-corrected chi connectivity index (χ2v) is 5.49. The molecule has 7 heteroatoms. The standard InChI is InChI=1S/C20H22N2O5/c1-3-5-14-6-4-7-17(26-2)18(14)20(24)21-12-13-27-16-10-8-15(9-11-16)19(23)22-25/h3-11,25H,12-13H2,1-2H3,(H,21,24)(H,22,23). The number of ether oxygens (including phenoxy) is 2. The van der Waals surface area contributed by atoms with Crippen LogP contribution in [0, 0.1) is 0 Å². The first-order chi connectivity index (χ1) is 13.1. The zero-order chi connectivity index (χ0) is 19.6. The number of rotatable bonds is 8. The van der Waals surface area contributed by atoms with Crippen LogP contribution in [0.4, 0.5) is 0 Å². The number of nitrogens with one attached hydrogen (secondary N) is 2. The van der Waals surface area contributed by atoms with Gasteiger partial charge >= 0.3 is 0 Å². The second-order valence-electron chi connectivity index (χ2n) is 5.49. The van der Waals surface area contributed by atoms with Crippen LogP contribution in [0.15, 0.2) is 48.5 Å². The summed E-state index contributed by atoms with van der Waals surface area (Å²) in [4.78, 5) is 23.8. The van der Waals surface area contributed by atoms with Gasteiger partial charge in [-0.2, -0.15) is 0 Å². The summed E-state index contributed by atoms with van der Waals surface area (Å²) in [6.07, 6.45) is 3.70. The van der Waals surface area contributed by atoms with Crippen LogP contribution >= 0.6 is 0 Å². The number of hydrogen-bond acceptors (Lipinski definition) is 5. The topological polar surface area (TPSA) is 96.9 Å². The summed E-state index contributed by atoms with van der Waals surface area (Å²) < 4.78 is 10.8. The highest BCUT2D eigenvalue weighted by Crippen LogP contribution is 2.23. The first-order valence-electron chi connectivity index (χ1n) is 8.36. The van der Waals surface area contributed by atoms with Crippen LogP contribution in [0.2, 0.25) is 0 Å². The van der Waals surface area contributed by atoms with Gasteiger partial charge in [0.1, 0.15) is 18.1 Å². The molecule has 27 heavy (non-hydrogen) atoms. The molecule has 2 aromatic carbocycles. The summed E-state index contributed by atoms with van der Waals surface area (Å²) in [6.45, 7) is 2.43. The number of allylic oxidation sites excluding steroid dienone is 1. The Labute approximate surface area is 157 Å². The van der Waals surface area contributed by atoms with E-state index in [2.05, 4.69) is 5.32 Å². The Hall–Kier alpha value is -3.32. The van der Waals surface area contributed by atoms with Gasteiger partial charge in [0, 0.05) is 5.56 Å². The fourth-order valence-electron chi connectivity index (χ4n) is 2.47. The minimum Gasteiger partial charge on any atom is -0.496 e. The first kappa shape index (κ1) is 20.0. The Morgan fingerprint density at radius 1 is 1.11 bits per heavy atom. The molecule has 2 rings (SSSR count). The average Bonchev–Trinajstić information content (AvgIpc) is 2.70. The van der Waals surface area contributed by atoms with Crippen molar-refractivity contribution in [2.24, 2.45) is 0 Å². The number of hydroxylamine groups is 1. The highest BCUT2D eigenvalue weighted by Gasteiger charge is 2.15. The van der Waals surface area contributed by atoms with Gasteiger partial charge in [-0.15, -0.1) is 0 Å². The van der Waals surface area contributed by atoms with Crippen LogP contribution in [0.25, 0.3) is 6.08 Å². The third-order valence-corrected chi connectivity index (χ3v) is 3.73. The maximum absolute atomic E-state index is 12.5. The highest BCUT2D eigenvalue weighted by molar-refractivity contribution is 6.00. The lowest BCUT2D eigenvalue weighted by Crippen LogP contribution is -2.29. The van der Waals surface area contributed by atoms with Gasteiger partial charge < -0.3 is 14.8 Å². The van der Waals surface area contributed by atoms with Crippen molar-refractivity contribution in [1.29, 1.82) is 0 Å². The molecule has 0 aliphatic rings. The largest absolute Gasteiger partial charge is 0.496 e. The average molecular weight is 370 g/mol. The summed E-state index contributed by atoms with van der Waals surface area (Å²) in [7, 11) is 1.52. The minimum atomic E-state index is -0.595. The number of carbonyl (C=O) groups is 2. The summed E-state index contributed by atoms with van der Waals surface area (Å²) in [6, 6.07) is 11.7. The predicted octanol–water partition coefficient (Wildman–Crippen LogP) is 2.66.